The SMILES string of the molecule is COc1cc(F)c(C2CC(=O)N(c3cccn(CCN(C)C)c3=O)C2)c(F)c1. The Bertz CT molecular complexity index is 920. The van der Waals surface area contributed by atoms with Crippen molar-refractivity contribution < 1.29 is 18.3 Å². The summed E-state index contributed by atoms with van der Waals surface area (Å²) in [7, 11) is 5.13. The summed E-state index contributed by atoms with van der Waals surface area (Å²) in [6.07, 6.45) is 1.60. The zero-order chi connectivity index (χ0) is 20.4. The molecule has 0 N–H and O–H groups in total. The van der Waals surface area contributed by atoms with Gasteiger partial charge in [-0.05, 0) is 26.2 Å². The quantitative estimate of drug-likeness (QED) is 0.758. The van der Waals surface area contributed by atoms with Gasteiger partial charge in [0.25, 0.3) is 5.56 Å². The normalized spacial score (nSPS) is 16.9. The Balaban J connectivity index is 1.88. The number of halogens is 2. The fourth-order valence-corrected chi connectivity index (χ4v) is 3.42. The van der Waals surface area contributed by atoms with Crippen molar-refractivity contribution in [2.45, 2.75) is 18.9 Å². The Kier molecular flexibility index (Phi) is 5.79. The molecule has 150 valence electrons. The number of ether oxygens (including phenoxy) is 1. The van der Waals surface area contributed by atoms with Crippen molar-refractivity contribution in [1.29, 1.82) is 0 Å². The van der Waals surface area contributed by atoms with Gasteiger partial charge in [-0.2, -0.15) is 0 Å². The molecule has 1 aromatic heterocycles. The average molecular weight is 391 g/mol. The van der Waals surface area contributed by atoms with Crippen LogP contribution >= 0.6 is 0 Å². The first-order valence-corrected chi connectivity index (χ1v) is 8.99. The maximum atomic E-state index is 14.4. The molecular formula is C20H23F2N3O3. The van der Waals surface area contributed by atoms with Gasteiger partial charge in [-0.3, -0.25) is 9.59 Å². The van der Waals surface area contributed by atoms with Crippen LogP contribution in [0.5, 0.6) is 5.75 Å². The van der Waals surface area contributed by atoms with Crippen LogP contribution < -0.4 is 15.2 Å². The Morgan fingerprint density at radius 1 is 1.21 bits per heavy atom. The molecule has 1 saturated heterocycles. The molecule has 0 aliphatic carbocycles. The number of pyridine rings is 1. The average Bonchev–Trinajstić information content (AvgIpc) is 3.01. The lowest BCUT2D eigenvalue weighted by atomic mass is 9.97. The molecule has 6 nitrogen and oxygen atoms in total. The molecule has 28 heavy (non-hydrogen) atoms. The molecule has 1 aromatic carbocycles. The van der Waals surface area contributed by atoms with Crippen molar-refractivity contribution in [1.82, 2.24) is 9.47 Å². The first kappa shape index (κ1) is 20.0. The predicted molar refractivity (Wildman–Crippen MR) is 102 cm³/mol. The number of anilines is 1. The molecule has 1 aliphatic rings. The van der Waals surface area contributed by atoms with E-state index in [1.165, 1.54) is 16.6 Å². The highest BCUT2D eigenvalue weighted by molar-refractivity contribution is 5.96. The third-order valence-electron chi connectivity index (χ3n) is 4.90. The number of aromatic nitrogens is 1. The second-order valence-corrected chi connectivity index (χ2v) is 7.11. The summed E-state index contributed by atoms with van der Waals surface area (Å²) in [5, 5.41) is 0. The molecule has 0 saturated carbocycles. The van der Waals surface area contributed by atoms with Crippen molar-refractivity contribution in [2.75, 3.05) is 39.2 Å². The molecule has 2 aromatic rings. The standard InChI is InChI=1S/C20H23F2N3O3/c1-23(2)7-8-24-6-4-5-17(20(24)27)25-12-13(9-18(25)26)19-15(21)10-14(28-3)11-16(19)22/h4-6,10-11,13H,7-9,12H2,1-3H3. The zero-order valence-corrected chi connectivity index (χ0v) is 16.1. The smallest absolute Gasteiger partial charge is 0.274 e. The topological polar surface area (TPSA) is 54.8 Å². The maximum absolute atomic E-state index is 14.4. The Hall–Kier alpha value is -2.74. The first-order chi connectivity index (χ1) is 13.3. The molecule has 0 bridgehead atoms. The largest absolute Gasteiger partial charge is 0.497 e. The fraction of sp³-hybridized carbons (Fsp3) is 0.400. The molecule has 1 amide bonds. The van der Waals surface area contributed by atoms with E-state index in [0.29, 0.717) is 13.1 Å². The lowest BCUT2D eigenvalue weighted by Gasteiger charge is -2.19. The van der Waals surface area contributed by atoms with Crippen LogP contribution in [0, 0.1) is 11.6 Å². The van der Waals surface area contributed by atoms with Gasteiger partial charge in [0.15, 0.2) is 0 Å². The second-order valence-electron chi connectivity index (χ2n) is 7.11. The Labute approximate surface area is 161 Å². The van der Waals surface area contributed by atoms with E-state index in [1.807, 2.05) is 19.0 Å². The number of carbonyl (C=O) groups is 1. The minimum atomic E-state index is -0.757. The van der Waals surface area contributed by atoms with Crippen LogP contribution in [0.15, 0.2) is 35.3 Å². The van der Waals surface area contributed by atoms with E-state index in [-0.39, 0.29) is 41.4 Å². The highest BCUT2D eigenvalue weighted by atomic mass is 19.1. The van der Waals surface area contributed by atoms with Crippen LogP contribution in [0.2, 0.25) is 0 Å². The van der Waals surface area contributed by atoms with E-state index >= 15 is 0 Å². The minimum Gasteiger partial charge on any atom is -0.497 e. The number of likely N-dealkylation sites (N-methyl/N-ethyl adjacent to an activating group) is 1. The van der Waals surface area contributed by atoms with E-state index in [2.05, 4.69) is 0 Å². The van der Waals surface area contributed by atoms with E-state index in [1.54, 1.807) is 18.3 Å². The van der Waals surface area contributed by atoms with Crippen LogP contribution in [0.4, 0.5) is 14.5 Å². The van der Waals surface area contributed by atoms with Gasteiger partial charge in [-0.1, -0.05) is 0 Å². The molecule has 8 heteroatoms. The number of methoxy groups -OCH3 is 1. The maximum Gasteiger partial charge on any atom is 0.274 e. The van der Waals surface area contributed by atoms with Crippen LogP contribution in [0.1, 0.15) is 17.9 Å². The Morgan fingerprint density at radius 2 is 1.89 bits per heavy atom. The number of carbonyl (C=O) groups excluding carboxylic acids is 1. The fourth-order valence-electron chi connectivity index (χ4n) is 3.42. The van der Waals surface area contributed by atoms with Gasteiger partial charge in [-0.15, -0.1) is 0 Å². The molecule has 0 radical (unpaired) electrons. The number of benzene rings is 1. The highest BCUT2D eigenvalue weighted by Gasteiger charge is 2.36. The number of rotatable bonds is 6. The van der Waals surface area contributed by atoms with E-state index in [4.69, 9.17) is 4.74 Å². The molecule has 1 fully saturated rings. The van der Waals surface area contributed by atoms with E-state index in [9.17, 15) is 18.4 Å². The van der Waals surface area contributed by atoms with Crippen LogP contribution in [0.25, 0.3) is 0 Å². The summed E-state index contributed by atoms with van der Waals surface area (Å²) < 4.78 is 35.2. The zero-order valence-electron chi connectivity index (χ0n) is 16.1. The molecule has 2 heterocycles. The minimum absolute atomic E-state index is 0.0476. The van der Waals surface area contributed by atoms with Gasteiger partial charge in [0.1, 0.15) is 23.1 Å². The molecule has 0 spiro atoms. The van der Waals surface area contributed by atoms with Crippen LogP contribution in [0.3, 0.4) is 0 Å². The van der Waals surface area contributed by atoms with Gasteiger partial charge < -0.3 is 19.1 Å². The summed E-state index contributed by atoms with van der Waals surface area (Å²) in [5.74, 6) is -2.44. The third kappa shape index (κ3) is 3.91. The van der Waals surface area contributed by atoms with Gasteiger partial charge in [-0.25, -0.2) is 8.78 Å². The number of amides is 1. The summed E-state index contributed by atoms with van der Waals surface area (Å²) in [6, 6.07) is 5.46. The van der Waals surface area contributed by atoms with Crippen LogP contribution in [-0.4, -0.2) is 49.7 Å². The third-order valence-corrected chi connectivity index (χ3v) is 4.90. The highest BCUT2D eigenvalue weighted by Crippen LogP contribution is 2.35. The van der Waals surface area contributed by atoms with Crippen molar-refractivity contribution >= 4 is 11.6 Å². The Morgan fingerprint density at radius 3 is 2.50 bits per heavy atom. The summed E-state index contributed by atoms with van der Waals surface area (Å²) in [5.41, 5.74) is -0.224. The van der Waals surface area contributed by atoms with Gasteiger partial charge in [0, 0.05) is 55.9 Å². The number of nitrogens with zero attached hydrogens (tertiary/aromatic N) is 3. The van der Waals surface area contributed by atoms with Crippen LogP contribution in [-0.2, 0) is 11.3 Å². The van der Waals surface area contributed by atoms with Crippen molar-refractivity contribution in [3.8, 4) is 5.75 Å². The number of hydrogen-bond donors (Lipinski definition) is 0. The first-order valence-electron chi connectivity index (χ1n) is 8.99. The lowest BCUT2D eigenvalue weighted by molar-refractivity contribution is -0.117. The van der Waals surface area contributed by atoms with Crippen molar-refractivity contribution in [2.24, 2.45) is 0 Å². The predicted octanol–water partition coefficient (Wildman–Crippen LogP) is 2.22. The summed E-state index contributed by atoms with van der Waals surface area (Å²) >= 11 is 0. The van der Waals surface area contributed by atoms with E-state index in [0.717, 1.165) is 12.1 Å². The summed E-state index contributed by atoms with van der Waals surface area (Å²) in [4.78, 5) is 28.6. The molecular weight excluding hydrogens is 368 g/mol. The van der Waals surface area contributed by atoms with Crippen molar-refractivity contribution in [3.63, 3.8) is 0 Å². The van der Waals surface area contributed by atoms with Gasteiger partial charge in [0.2, 0.25) is 5.91 Å². The van der Waals surface area contributed by atoms with E-state index < -0.39 is 17.6 Å². The monoisotopic (exact) mass is 391 g/mol. The number of hydrogen-bond acceptors (Lipinski definition) is 4. The lowest BCUT2D eigenvalue weighted by Crippen LogP contribution is -2.34. The van der Waals surface area contributed by atoms with Crippen molar-refractivity contribution in [3.05, 3.63) is 58.0 Å². The van der Waals surface area contributed by atoms with Gasteiger partial charge in [0.05, 0.1) is 7.11 Å². The second kappa shape index (κ2) is 8.10. The van der Waals surface area contributed by atoms with Gasteiger partial charge >= 0.3 is 0 Å². The molecule has 1 unspecified atom stereocenters. The summed E-state index contributed by atoms with van der Waals surface area (Å²) in [6.45, 7) is 1.20. The molecule has 1 aliphatic heterocycles. The molecule has 3 rings (SSSR count). The molecule has 1 atom stereocenters.